The molecule has 3 nitrogen and oxygen atoms in total. The van der Waals surface area contributed by atoms with Crippen molar-refractivity contribution < 1.29 is 9.90 Å². The zero-order valence-corrected chi connectivity index (χ0v) is 13.3. The fourth-order valence-electron chi connectivity index (χ4n) is 2.16. The number of rotatable bonds is 6. The molecule has 1 rings (SSSR count). The molecular weight excluding hydrogens is 258 g/mol. The summed E-state index contributed by atoms with van der Waals surface area (Å²) in [6.07, 6.45) is 0.324. The molecule has 1 amide bonds. The molecule has 19 heavy (non-hydrogen) atoms. The zero-order valence-electron chi connectivity index (χ0n) is 12.5. The average molecular weight is 283 g/mol. The average Bonchev–Trinajstić information content (AvgIpc) is 2.77. The second-order valence-electron chi connectivity index (χ2n) is 6.50. The quantitative estimate of drug-likeness (QED) is 0.843. The Morgan fingerprint density at radius 3 is 2.53 bits per heavy atom. The molecule has 0 spiro atoms. The molecule has 0 aliphatic heterocycles. The summed E-state index contributed by atoms with van der Waals surface area (Å²) < 4.78 is 0. The maximum absolute atomic E-state index is 12.3. The predicted octanol–water partition coefficient (Wildman–Crippen LogP) is 2.94. The summed E-state index contributed by atoms with van der Waals surface area (Å²) in [7, 11) is 0. The molecule has 1 aromatic rings. The number of carbonyl (C=O) groups is 1. The molecule has 2 N–H and O–H groups in total. The predicted molar refractivity (Wildman–Crippen MR) is 80.4 cm³/mol. The Labute approximate surface area is 120 Å². The Hall–Kier alpha value is -0.870. The first-order valence-electron chi connectivity index (χ1n) is 6.65. The highest BCUT2D eigenvalue weighted by atomic mass is 32.1. The topological polar surface area (TPSA) is 49.3 Å². The first-order valence-corrected chi connectivity index (χ1v) is 7.53. The van der Waals surface area contributed by atoms with E-state index in [9.17, 15) is 9.90 Å². The van der Waals surface area contributed by atoms with Crippen molar-refractivity contribution in [2.24, 2.45) is 5.41 Å². The van der Waals surface area contributed by atoms with E-state index in [4.69, 9.17) is 0 Å². The monoisotopic (exact) mass is 283 g/mol. The fraction of sp³-hybridized carbons (Fsp3) is 0.667. The summed E-state index contributed by atoms with van der Waals surface area (Å²) in [5.74, 6) is 0.0358. The van der Waals surface area contributed by atoms with Crippen LogP contribution < -0.4 is 5.32 Å². The lowest BCUT2D eigenvalue weighted by Crippen LogP contribution is -2.44. The standard InChI is InChI=1S/C15H25NO2S/c1-11(17)9-14(2,3)10-16-13(18)15(4,5)12-7-6-8-19-12/h6-8,11,17H,9-10H2,1-5H3,(H,16,18)/t11-/m1/s1. The van der Waals surface area contributed by atoms with E-state index in [2.05, 4.69) is 19.2 Å². The number of amides is 1. The van der Waals surface area contributed by atoms with Gasteiger partial charge in [-0.15, -0.1) is 11.3 Å². The summed E-state index contributed by atoms with van der Waals surface area (Å²) in [6, 6.07) is 3.96. The minimum Gasteiger partial charge on any atom is -0.393 e. The number of thiophene rings is 1. The van der Waals surface area contributed by atoms with Crippen LogP contribution in [-0.4, -0.2) is 23.7 Å². The molecule has 0 aliphatic rings. The van der Waals surface area contributed by atoms with Crippen LogP contribution in [0.5, 0.6) is 0 Å². The smallest absolute Gasteiger partial charge is 0.230 e. The van der Waals surface area contributed by atoms with Gasteiger partial charge in [0, 0.05) is 11.4 Å². The van der Waals surface area contributed by atoms with Gasteiger partial charge < -0.3 is 10.4 Å². The number of aliphatic hydroxyl groups is 1. The number of carbonyl (C=O) groups excluding carboxylic acids is 1. The molecule has 0 unspecified atom stereocenters. The van der Waals surface area contributed by atoms with Gasteiger partial charge in [-0.1, -0.05) is 19.9 Å². The number of hydrogen-bond donors (Lipinski definition) is 2. The second-order valence-corrected chi connectivity index (χ2v) is 7.45. The highest BCUT2D eigenvalue weighted by Gasteiger charge is 2.32. The van der Waals surface area contributed by atoms with Gasteiger partial charge in [0.1, 0.15) is 0 Å². The molecule has 0 aromatic carbocycles. The molecule has 4 heteroatoms. The van der Waals surface area contributed by atoms with Crippen molar-refractivity contribution in [3.63, 3.8) is 0 Å². The Morgan fingerprint density at radius 2 is 2.05 bits per heavy atom. The first-order chi connectivity index (χ1) is 8.65. The number of hydrogen-bond acceptors (Lipinski definition) is 3. The van der Waals surface area contributed by atoms with Gasteiger partial charge in [-0.3, -0.25) is 4.79 Å². The SMILES string of the molecule is C[C@@H](O)CC(C)(C)CNC(=O)C(C)(C)c1cccs1. The molecule has 1 atom stereocenters. The maximum Gasteiger partial charge on any atom is 0.230 e. The lowest BCUT2D eigenvalue weighted by Gasteiger charge is -2.29. The van der Waals surface area contributed by atoms with Crippen LogP contribution in [-0.2, 0) is 10.2 Å². The second kappa shape index (κ2) is 6.06. The molecule has 0 aliphatic carbocycles. The van der Waals surface area contributed by atoms with Gasteiger partial charge in [-0.05, 0) is 44.1 Å². The van der Waals surface area contributed by atoms with Crippen LogP contribution in [0.3, 0.4) is 0 Å². The highest BCUT2D eigenvalue weighted by Crippen LogP contribution is 2.28. The van der Waals surface area contributed by atoms with Crippen molar-refractivity contribution >= 4 is 17.2 Å². The van der Waals surface area contributed by atoms with Gasteiger partial charge in [0.25, 0.3) is 0 Å². The van der Waals surface area contributed by atoms with Gasteiger partial charge >= 0.3 is 0 Å². The summed E-state index contributed by atoms with van der Waals surface area (Å²) >= 11 is 1.60. The van der Waals surface area contributed by atoms with Crippen LogP contribution in [0.15, 0.2) is 17.5 Å². The van der Waals surface area contributed by atoms with Crippen molar-refractivity contribution in [1.82, 2.24) is 5.32 Å². The molecule has 0 bridgehead atoms. The van der Waals surface area contributed by atoms with E-state index in [1.165, 1.54) is 0 Å². The van der Waals surface area contributed by atoms with Gasteiger partial charge in [0.2, 0.25) is 5.91 Å². The summed E-state index contributed by atoms with van der Waals surface area (Å²) in [5, 5.41) is 14.5. The molecule has 0 radical (unpaired) electrons. The lowest BCUT2D eigenvalue weighted by molar-refractivity contribution is -0.126. The highest BCUT2D eigenvalue weighted by molar-refractivity contribution is 7.10. The number of aliphatic hydroxyl groups excluding tert-OH is 1. The van der Waals surface area contributed by atoms with Crippen LogP contribution >= 0.6 is 11.3 Å². The number of nitrogens with one attached hydrogen (secondary N) is 1. The van der Waals surface area contributed by atoms with Crippen LogP contribution in [0.4, 0.5) is 0 Å². The minimum atomic E-state index is -0.505. The van der Waals surface area contributed by atoms with E-state index in [0.29, 0.717) is 13.0 Å². The van der Waals surface area contributed by atoms with E-state index >= 15 is 0 Å². The third-order valence-corrected chi connectivity index (χ3v) is 4.47. The van der Waals surface area contributed by atoms with E-state index in [0.717, 1.165) is 4.88 Å². The van der Waals surface area contributed by atoms with Crippen molar-refractivity contribution in [2.75, 3.05) is 6.54 Å². The molecule has 1 aromatic heterocycles. The Bertz CT molecular complexity index is 408. The molecule has 108 valence electrons. The van der Waals surface area contributed by atoms with Crippen molar-refractivity contribution in [2.45, 2.75) is 52.6 Å². The summed E-state index contributed by atoms with van der Waals surface area (Å²) in [4.78, 5) is 13.4. The minimum absolute atomic E-state index is 0.0358. The van der Waals surface area contributed by atoms with Gasteiger partial charge in [0.15, 0.2) is 0 Å². The molecule has 0 saturated heterocycles. The Kier molecular flexibility index (Phi) is 5.16. The summed E-state index contributed by atoms with van der Waals surface area (Å²) in [6.45, 7) is 10.3. The molecule has 1 heterocycles. The maximum atomic E-state index is 12.3. The Morgan fingerprint density at radius 1 is 1.42 bits per heavy atom. The van der Waals surface area contributed by atoms with Crippen LogP contribution in [0.1, 0.15) is 45.9 Å². The van der Waals surface area contributed by atoms with Crippen molar-refractivity contribution in [3.05, 3.63) is 22.4 Å². The third kappa shape index (κ3) is 4.62. The van der Waals surface area contributed by atoms with Crippen molar-refractivity contribution in [1.29, 1.82) is 0 Å². The first kappa shape index (κ1) is 16.2. The molecular formula is C15H25NO2S. The summed E-state index contributed by atoms with van der Waals surface area (Å²) in [5.41, 5.74) is -0.607. The fourth-order valence-corrected chi connectivity index (χ4v) is 3.01. The Balaban J connectivity index is 2.61. The van der Waals surface area contributed by atoms with Gasteiger partial charge in [-0.25, -0.2) is 0 Å². The van der Waals surface area contributed by atoms with Crippen LogP contribution in [0, 0.1) is 5.41 Å². The zero-order chi connectivity index (χ0) is 14.7. The van der Waals surface area contributed by atoms with Crippen molar-refractivity contribution in [3.8, 4) is 0 Å². The van der Waals surface area contributed by atoms with E-state index in [-0.39, 0.29) is 17.4 Å². The van der Waals surface area contributed by atoms with Gasteiger partial charge in [-0.2, -0.15) is 0 Å². The van der Waals surface area contributed by atoms with E-state index in [1.807, 2.05) is 31.4 Å². The third-order valence-electron chi connectivity index (χ3n) is 3.28. The molecule has 0 fully saturated rings. The van der Waals surface area contributed by atoms with E-state index in [1.54, 1.807) is 18.3 Å². The van der Waals surface area contributed by atoms with Gasteiger partial charge in [0.05, 0.1) is 11.5 Å². The molecule has 0 saturated carbocycles. The normalized spacial score (nSPS) is 14.2. The largest absolute Gasteiger partial charge is 0.393 e. The van der Waals surface area contributed by atoms with Crippen LogP contribution in [0.25, 0.3) is 0 Å². The van der Waals surface area contributed by atoms with Crippen LogP contribution in [0.2, 0.25) is 0 Å². The van der Waals surface area contributed by atoms with E-state index < -0.39 is 5.41 Å². The lowest BCUT2D eigenvalue weighted by atomic mass is 9.85.